The lowest BCUT2D eigenvalue weighted by atomic mass is 10.2. The number of carbonyl (C=O) groups is 1. The highest BCUT2D eigenvalue weighted by atomic mass is 32.2. The van der Waals surface area contributed by atoms with E-state index in [-0.39, 0.29) is 16.1 Å². The highest BCUT2D eigenvalue weighted by Crippen LogP contribution is 2.22. The van der Waals surface area contributed by atoms with E-state index in [1.54, 1.807) is 19.1 Å². The van der Waals surface area contributed by atoms with Crippen molar-refractivity contribution < 1.29 is 18.3 Å². The van der Waals surface area contributed by atoms with Crippen LogP contribution in [0.1, 0.15) is 15.9 Å². The number of nitrogens with two attached hydrogens (primary N) is 1. The number of carboxylic acid groups (broad SMARTS) is 1. The van der Waals surface area contributed by atoms with Crippen LogP contribution in [0.4, 0.5) is 11.4 Å². The van der Waals surface area contributed by atoms with E-state index in [0.717, 1.165) is 0 Å². The molecule has 0 radical (unpaired) electrons. The predicted molar refractivity (Wildman–Crippen MR) is 79.8 cm³/mol. The molecule has 0 aromatic heterocycles. The van der Waals surface area contributed by atoms with Crippen molar-refractivity contribution in [3.63, 3.8) is 0 Å². The number of hydrogen-bond donors (Lipinski definition) is 3. The molecule has 0 aliphatic carbocycles. The molecule has 0 heterocycles. The summed E-state index contributed by atoms with van der Waals surface area (Å²) in [4.78, 5) is 11.0. The standard InChI is InChI=1S/C14H14N2O4S/c1-9-5-6-11(15)8-13(9)21(19,20)16-12-4-2-3-10(7-12)14(17)18/h2-8,16H,15H2,1H3,(H,17,18). The zero-order chi connectivity index (χ0) is 15.6. The minimum absolute atomic E-state index is 0.000465. The first-order valence-electron chi connectivity index (χ1n) is 6.02. The number of sulfonamides is 1. The Kier molecular flexibility index (Phi) is 3.86. The quantitative estimate of drug-likeness (QED) is 0.749. The number of anilines is 2. The number of carboxylic acids is 1. The zero-order valence-corrected chi connectivity index (χ0v) is 12.0. The number of nitrogens with one attached hydrogen (secondary N) is 1. The molecule has 0 unspecified atom stereocenters. The number of rotatable bonds is 4. The van der Waals surface area contributed by atoms with E-state index >= 15 is 0 Å². The molecule has 0 fully saturated rings. The normalized spacial score (nSPS) is 11.1. The summed E-state index contributed by atoms with van der Waals surface area (Å²) in [5.41, 5.74) is 6.67. The van der Waals surface area contributed by atoms with Crippen LogP contribution in [0.15, 0.2) is 47.4 Å². The molecule has 0 amide bonds. The van der Waals surface area contributed by atoms with Crippen molar-refractivity contribution in [1.29, 1.82) is 0 Å². The fraction of sp³-hybridized carbons (Fsp3) is 0.0714. The monoisotopic (exact) mass is 306 g/mol. The van der Waals surface area contributed by atoms with Crippen molar-refractivity contribution in [2.75, 3.05) is 10.5 Å². The summed E-state index contributed by atoms with van der Waals surface area (Å²) in [5.74, 6) is -1.13. The van der Waals surface area contributed by atoms with Crippen molar-refractivity contribution in [3.05, 3.63) is 53.6 Å². The molecular formula is C14H14N2O4S. The maximum absolute atomic E-state index is 12.3. The molecule has 0 saturated carbocycles. The number of aromatic carboxylic acids is 1. The second-order valence-electron chi connectivity index (χ2n) is 4.52. The molecule has 21 heavy (non-hydrogen) atoms. The van der Waals surface area contributed by atoms with Crippen LogP contribution in [-0.2, 0) is 10.0 Å². The third-order valence-electron chi connectivity index (χ3n) is 2.86. The highest BCUT2D eigenvalue weighted by molar-refractivity contribution is 7.92. The van der Waals surface area contributed by atoms with E-state index in [9.17, 15) is 13.2 Å². The van der Waals surface area contributed by atoms with E-state index in [1.165, 1.54) is 30.3 Å². The molecule has 110 valence electrons. The third-order valence-corrected chi connectivity index (χ3v) is 4.39. The first-order valence-corrected chi connectivity index (χ1v) is 7.50. The minimum Gasteiger partial charge on any atom is -0.478 e. The fourth-order valence-electron chi connectivity index (χ4n) is 1.83. The molecule has 4 N–H and O–H groups in total. The number of hydrogen-bond acceptors (Lipinski definition) is 4. The molecule has 6 nitrogen and oxygen atoms in total. The third kappa shape index (κ3) is 3.32. The Bertz CT molecular complexity index is 800. The molecule has 2 aromatic rings. The van der Waals surface area contributed by atoms with Crippen LogP contribution in [0.5, 0.6) is 0 Å². The minimum atomic E-state index is -3.83. The Balaban J connectivity index is 2.40. The maximum Gasteiger partial charge on any atom is 0.335 e. The summed E-state index contributed by atoms with van der Waals surface area (Å²) >= 11 is 0. The Hall–Kier alpha value is -2.54. The van der Waals surface area contributed by atoms with Crippen LogP contribution in [0.25, 0.3) is 0 Å². The van der Waals surface area contributed by atoms with E-state index in [0.29, 0.717) is 11.3 Å². The van der Waals surface area contributed by atoms with Crippen LogP contribution < -0.4 is 10.5 Å². The summed E-state index contributed by atoms with van der Waals surface area (Å²) in [6.45, 7) is 1.65. The SMILES string of the molecule is Cc1ccc(N)cc1S(=O)(=O)Nc1cccc(C(=O)O)c1. The van der Waals surface area contributed by atoms with Crippen LogP contribution in [0.3, 0.4) is 0 Å². The topological polar surface area (TPSA) is 109 Å². The second-order valence-corrected chi connectivity index (χ2v) is 6.17. The Morgan fingerprint density at radius 2 is 1.90 bits per heavy atom. The molecule has 2 rings (SSSR count). The van der Waals surface area contributed by atoms with Gasteiger partial charge in [-0.1, -0.05) is 12.1 Å². The average Bonchev–Trinajstić information content (AvgIpc) is 2.41. The largest absolute Gasteiger partial charge is 0.478 e. The van der Waals surface area contributed by atoms with Crippen LogP contribution in [-0.4, -0.2) is 19.5 Å². The first kappa shape index (κ1) is 14.9. The van der Waals surface area contributed by atoms with Crippen molar-refractivity contribution in [2.45, 2.75) is 11.8 Å². The van der Waals surface area contributed by atoms with Crippen LogP contribution >= 0.6 is 0 Å². The van der Waals surface area contributed by atoms with Crippen LogP contribution in [0, 0.1) is 6.92 Å². The van der Waals surface area contributed by atoms with E-state index in [4.69, 9.17) is 10.8 Å². The molecule has 0 saturated heterocycles. The molecular weight excluding hydrogens is 292 g/mol. The maximum atomic E-state index is 12.3. The van der Waals surface area contributed by atoms with Gasteiger partial charge in [0.1, 0.15) is 0 Å². The fourth-order valence-corrected chi connectivity index (χ4v) is 3.16. The van der Waals surface area contributed by atoms with Gasteiger partial charge in [-0.05, 0) is 42.8 Å². The molecule has 0 spiro atoms. The average molecular weight is 306 g/mol. The van der Waals surface area contributed by atoms with E-state index in [1.807, 2.05) is 0 Å². The smallest absolute Gasteiger partial charge is 0.335 e. The molecule has 0 aliphatic rings. The lowest BCUT2D eigenvalue weighted by molar-refractivity contribution is 0.0697. The number of nitrogen functional groups attached to an aromatic ring is 1. The Morgan fingerprint density at radius 1 is 1.19 bits per heavy atom. The summed E-state index contributed by atoms with van der Waals surface area (Å²) in [6, 6.07) is 10.2. The van der Waals surface area contributed by atoms with Gasteiger partial charge >= 0.3 is 5.97 Å². The van der Waals surface area contributed by atoms with Crippen molar-refractivity contribution in [1.82, 2.24) is 0 Å². The van der Waals surface area contributed by atoms with Gasteiger partial charge in [0.05, 0.1) is 10.5 Å². The lowest BCUT2D eigenvalue weighted by Crippen LogP contribution is -2.15. The highest BCUT2D eigenvalue weighted by Gasteiger charge is 2.17. The van der Waals surface area contributed by atoms with Gasteiger partial charge in [0.15, 0.2) is 0 Å². The number of benzene rings is 2. The summed E-state index contributed by atoms with van der Waals surface area (Å²) in [6.07, 6.45) is 0. The van der Waals surface area contributed by atoms with Gasteiger partial charge in [-0.3, -0.25) is 4.72 Å². The Labute approximate surface area is 122 Å². The van der Waals surface area contributed by atoms with Gasteiger partial charge in [0.2, 0.25) is 0 Å². The van der Waals surface area contributed by atoms with Gasteiger partial charge in [-0.25, -0.2) is 13.2 Å². The molecule has 0 aliphatic heterocycles. The van der Waals surface area contributed by atoms with Crippen molar-refractivity contribution >= 4 is 27.4 Å². The summed E-state index contributed by atoms with van der Waals surface area (Å²) in [7, 11) is -3.83. The van der Waals surface area contributed by atoms with Gasteiger partial charge in [-0.15, -0.1) is 0 Å². The second kappa shape index (κ2) is 5.45. The molecule has 0 bridgehead atoms. The Morgan fingerprint density at radius 3 is 2.57 bits per heavy atom. The van der Waals surface area contributed by atoms with Gasteiger partial charge in [0, 0.05) is 11.4 Å². The molecule has 2 aromatic carbocycles. The summed E-state index contributed by atoms with van der Waals surface area (Å²) in [5, 5.41) is 8.91. The lowest BCUT2D eigenvalue weighted by Gasteiger charge is -2.11. The van der Waals surface area contributed by atoms with Crippen molar-refractivity contribution in [3.8, 4) is 0 Å². The number of aryl methyl sites for hydroxylation is 1. The zero-order valence-electron chi connectivity index (χ0n) is 11.2. The van der Waals surface area contributed by atoms with E-state index in [2.05, 4.69) is 4.72 Å². The predicted octanol–water partition coefficient (Wildman–Crippen LogP) is 2.08. The van der Waals surface area contributed by atoms with Gasteiger partial charge in [0.25, 0.3) is 10.0 Å². The van der Waals surface area contributed by atoms with Gasteiger partial charge in [-0.2, -0.15) is 0 Å². The van der Waals surface area contributed by atoms with E-state index < -0.39 is 16.0 Å². The molecule has 7 heteroatoms. The van der Waals surface area contributed by atoms with Gasteiger partial charge < -0.3 is 10.8 Å². The summed E-state index contributed by atoms with van der Waals surface area (Å²) < 4.78 is 27.0. The molecule has 0 atom stereocenters. The first-order chi connectivity index (χ1) is 9.79. The van der Waals surface area contributed by atoms with Crippen molar-refractivity contribution in [2.24, 2.45) is 0 Å². The van der Waals surface area contributed by atoms with Crippen LogP contribution in [0.2, 0.25) is 0 Å².